The van der Waals surface area contributed by atoms with Crippen molar-refractivity contribution in [2.24, 2.45) is 28.1 Å². The van der Waals surface area contributed by atoms with Gasteiger partial charge in [0.2, 0.25) is 0 Å². The summed E-state index contributed by atoms with van der Waals surface area (Å²) in [4.78, 5) is 49.5. The van der Waals surface area contributed by atoms with Crippen LogP contribution in [0, 0.1) is 27.9 Å². The molecule has 3 fully saturated rings. The van der Waals surface area contributed by atoms with Crippen molar-refractivity contribution >= 4 is 50.9 Å². The lowest BCUT2D eigenvalue weighted by Crippen LogP contribution is -2.21. The molecule has 262 valence electrons. The van der Waals surface area contributed by atoms with Crippen LogP contribution in [0.1, 0.15) is 134 Å². The number of fused-ring (bicyclic) bond motifs is 3. The summed E-state index contributed by atoms with van der Waals surface area (Å²) in [5.74, 6) is -0.773. The Balaban J connectivity index is 1.52. The third kappa shape index (κ3) is 7.29. The van der Waals surface area contributed by atoms with E-state index in [-0.39, 0.29) is 40.3 Å². The summed E-state index contributed by atoms with van der Waals surface area (Å²) in [6.07, 6.45) is 14.5. The zero-order valence-corrected chi connectivity index (χ0v) is 29.3. The zero-order chi connectivity index (χ0) is 34.5. The standard InChI is InChI=1S/C39H50N4O6/c1-4-14-33(40-48-38(44)27-17-10-11-18-27)29-21-25(5-2)36-31(22-29)32-23-30(24-34(43(46)47)37(32)42(36)6-3)35(26-15-8-7-9-16-26)41-49-39(45)28-19-12-13-20-28/h21-24,26-28H,4-20H2,1-3H3/b40-33+,41-35+. The Hall–Kier alpha value is -4.08. The van der Waals surface area contributed by atoms with Crippen molar-refractivity contribution in [3.63, 3.8) is 0 Å². The highest BCUT2D eigenvalue weighted by molar-refractivity contribution is 6.17. The van der Waals surface area contributed by atoms with Gasteiger partial charge in [-0.15, -0.1) is 0 Å². The summed E-state index contributed by atoms with van der Waals surface area (Å²) in [6.45, 7) is 6.70. The molecule has 3 aromatic rings. The van der Waals surface area contributed by atoms with E-state index in [1.54, 1.807) is 6.07 Å². The van der Waals surface area contributed by atoms with Gasteiger partial charge in [0.1, 0.15) is 5.52 Å². The van der Waals surface area contributed by atoms with E-state index in [2.05, 4.69) is 30.2 Å². The summed E-state index contributed by atoms with van der Waals surface area (Å²) in [5.41, 5.74) is 5.34. The van der Waals surface area contributed by atoms with E-state index < -0.39 is 0 Å². The van der Waals surface area contributed by atoms with E-state index in [4.69, 9.17) is 9.68 Å². The van der Waals surface area contributed by atoms with Gasteiger partial charge >= 0.3 is 11.9 Å². The molecule has 1 aromatic heterocycles. The Labute approximate surface area is 288 Å². The molecule has 0 bridgehead atoms. The minimum atomic E-state index is -0.308. The van der Waals surface area contributed by atoms with E-state index in [9.17, 15) is 19.7 Å². The molecule has 0 unspecified atom stereocenters. The SMILES string of the molecule is CCC/C(=N\OC(=O)C1CCCC1)c1cc(CC)c2c(c1)c1cc(/C(=N/OC(=O)C3CCCC3)C3CCCCC3)cc([N+](=O)[O-])c1n2CC. The molecule has 3 aliphatic rings. The number of aromatic nitrogens is 1. The van der Waals surface area contributed by atoms with Crippen LogP contribution >= 0.6 is 0 Å². The van der Waals surface area contributed by atoms with Crippen LogP contribution in [0.3, 0.4) is 0 Å². The Kier molecular flexibility index (Phi) is 11.1. The van der Waals surface area contributed by atoms with Crippen molar-refractivity contribution < 1.29 is 24.2 Å². The van der Waals surface area contributed by atoms with Crippen LogP contribution in [0.5, 0.6) is 0 Å². The number of nitro groups is 1. The van der Waals surface area contributed by atoms with Gasteiger partial charge in [0, 0.05) is 40.4 Å². The number of carbonyl (C=O) groups excluding carboxylic acids is 2. The third-order valence-corrected chi connectivity index (χ3v) is 11.0. The fraction of sp³-hybridized carbons (Fsp3) is 0.590. The average molecular weight is 671 g/mol. The maximum Gasteiger partial charge on any atom is 0.338 e. The summed E-state index contributed by atoms with van der Waals surface area (Å²) < 4.78 is 2.05. The molecule has 1 heterocycles. The lowest BCUT2D eigenvalue weighted by molar-refractivity contribution is -0.383. The zero-order valence-electron chi connectivity index (χ0n) is 29.3. The number of nitrogens with zero attached hydrogens (tertiary/aromatic N) is 4. The van der Waals surface area contributed by atoms with Crippen LogP contribution < -0.4 is 0 Å². The lowest BCUT2D eigenvalue weighted by atomic mass is 9.83. The number of benzene rings is 2. The van der Waals surface area contributed by atoms with Gasteiger partial charge in [-0.05, 0) is 82.1 Å². The molecule has 0 aliphatic heterocycles. The lowest BCUT2D eigenvalue weighted by Gasteiger charge is -2.23. The summed E-state index contributed by atoms with van der Waals surface area (Å²) in [6, 6.07) is 7.78. The molecular formula is C39H50N4O6. The molecule has 2 aromatic carbocycles. The predicted molar refractivity (Wildman–Crippen MR) is 192 cm³/mol. The van der Waals surface area contributed by atoms with Gasteiger partial charge in [0.25, 0.3) is 5.69 Å². The second-order valence-electron chi connectivity index (χ2n) is 14.2. The van der Waals surface area contributed by atoms with Gasteiger partial charge in [-0.1, -0.05) is 75.5 Å². The molecule has 0 radical (unpaired) electrons. The van der Waals surface area contributed by atoms with Crippen LogP contribution in [-0.2, 0) is 32.2 Å². The van der Waals surface area contributed by atoms with Crippen molar-refractivity contribution in [2.45, 2.75) is 130 Å². The molecule has 0 amide bonds. The van der Waals surface area contributed by atoms with Crippen LogP contribution in [0.4, 0.5) is 5.69 Å². The summed E-state index contributed by atoms with van der Waals surface area (Å²) in [5, 5.41) is 23.4. The fourth-order valence-corrected chi connectivity index (χ4v) is 8.36. The van der Waals surface area contributed by atoms with E-state index >= 15 is 0 Å². The first-order valence-electron chi connectivity index (χ1n) is 18.7. The normalized spacial score (nSPS) is 18.5. The number of nitro benzene ring substituents is 1. The Morgan fingerprint density at radius 1 is 0.755 bits per heavy atom. The van der Waals surface area contributed by atoms with Gasteiger partial charge in [-0.3, -0.25) is 10.1 Å². The molecule has 0 N–H and O–H groups in total. The number of hydrogen-bond donors (Lipinski definition) is 0. The van der Waals surface area contributed by atoms with Crippen molar-refractivity contribution in [1.82, 2.24) is 4.57 Å². The molecular weight excluding hydrogens is 620 g/mol. The monoisotopic (exact) mass is 670 g/mol. The third-order valence-electron chi connectivity index (χ3n) is 11.0. The molecule has 0 saturated heterocycles. The summed E-state index contributed by atoms with van der Waals surface area (Å²) in [7, 11) is 0. The van der Waals surface area contributed by atoms with E-state index in [0.29, 0.717) is 41.9 Å². The van der Waals surface area contributed by atoms with Gasteiger partial charge < -0.3 is 14.2 Å². The van der Waals surface area contributed by atoms with Gasteiger partial charge in [-0.2, -0.15) is 0 Å². The molecule has 3 saturated carbocycles. The first kappa shape index (κ1) is 34.8. The maximum atomic E-state index is 13.0. The predicted octanol–water partition coefficient (Wildman–Crippen LogP) is 9.54. The molecule has 3 aliphatic carbocycles. The van der Waals surface area contributed by atoms with E-state index in [1.807, 2.05) is 23.6 Å². The van der Waals surface area contributed by atoms with Crippen LogP contribution in [0.25, 0.3) is 21.8 Å². The fourth-order valence-electron chi connectivity index (χ4n) is 8.36. The molecule has 6 rings (SSSR count). The Morgan fingerprint density at radius 3 is 1.88 bits per heavy atom. The quantitative estimate of drug-likeness (QED) is 0.0818. The first-order valence-corrected chi connectivity index (χ1v) is 18.7. The Morgan fingerprint density at radius 2 is 1.31 bits per heavy atom. The second-order valence-corrected chi connectivity index (χ2v) is 14.2. The molecule has 49 heavy (non-hydrogen) atoms. The van der Waals surface area contributed by atoms with Crippen LogP contribution in [0.15, 0.2) is 34.6 Å². The largest absolute Gasteiger partial charge is 0.338 e. The minimum Gasteiger partial charge on any atom is -0.335 e. The number of rotatable bonds is 12. The van der Waals surface area contributed by atoms with E-state index in [0.717, 1.165) is 117 Å². The molecule has 0 spiro atoms. The van der Waals surface area contributed by atoms with Crippen molar-refractivity contribution in [2.75, 3.05) is 0 Å². The summed E-state index contributed by atoms with van der Waals surface area (Å²) >= 11 is 0. The van der Waals surface area contributed by atoms with Crippen molar-refractivity contribution in [1.29, 1.82) is 0 Å². The maximum absolute atomic E-state index is 13.0. The van der Waals surface area contributed by atoms with Crippen molar-refractivity contribution in [3.8, 4) is 0 Å². The first-order chi connectivity index (χ1) is 23.8. The number of non-ortho nitro benzene ring substituents is 1. The van der Waals surface area contributed by atoms with Gasteiger partial charge in [0.05, 0.1) is 33.7 Å². The van der Waals surface area contributed by atoms with Crippen LogP contribution in [-0.4, -0.2) is 32.9 Å². The van der Waals surface area contributed by atoms with E-state index in [1.165, 1.54) is 0 Å². The Bertz CT molecular complexity index is 1770. The van der Waals surface area contributed by atoms with Gasteiger partial charge in [-0.25, -0.2) is 9.59 Å². The van der Waals surface area contributed by atoms with Crippen molar-refractivity contribution in [3.05, 3.63) is 51.1 Å². The topological polar surface area (TPSA) is 125 Å². The highest BCUT2D eigenvalue weighted by Gasteiger charge is 2.30. The smallest absolute Gasteiger partial charge is 0.335 e. The second kappa shape index (κ2) is 15.6. The number of aryl methyl sites for hydroxylation is 2. The van der Waals surface area contributed by atoms with Gasteiger partial charge in [0.15, 0.2) is 0 Å². The average Bonchev–Trinajstić information content (AvgIpc) is 3.91. The molecule has 10 nitrogen and oxygen atoms in total. The highest BCUT2D eigenvalue weighted by Crippen LogP contribution is 2.40. The number of carbonyl (C=O) groups is 2. The number of oxime groups is 2. The minimum absolute atomic E-state index is 0.00715. The van der Waals surface area contributed by atoms with Crippen LogP contribution in [0.2, 0.25) is 0 Å². The molecule has 0 atom stereocenters. The number of hydrogen-bond acceptors (Lipinski definition) is 8. The molecule has 10 heteroatoms. The highest BCUT2D eigenvalue weighted by atomic mass is 16.7.